The average molecular weight is 367 g/mol. The van der Waals surface area contributed by atoms with E-state index in [0.29, 0.717) is 18.5 Å². The fraction of sp³-hybridized carbons (Fsp3) is 0.409. The standard InChI is InChI=1S/C20H23N3O2.C2H6/c1-13(24)9-10-14-11-15(20(2,3)4)19(25)18(12-14)23-21-16-7-5-6-8-17(16)22-23;1-2/h5-8,11-12,25H,9-10H2,1-4H3;1-2H3. The minimum Gasteiger partial charge on any atom is -0.505 e. The Labute approximate surface area is 161 Å². The molecular weight excluding hydrogens is 338 g/mol. The molecule has 0 aliphatic carbocycles. The molecule has 0 unspecified atom stereocenters. The van der Waals surface area contributed by atoms with Crippen LogP contribution in [0.15, 0.2) is 36.4 Å². The Balaban J connectivity index is 0.00000126. The van der Waals surface area contributed by atoms with Crippen molar-refractivity contribution in [1.29, 1.82) is 0 Å². The van der Waals surface area contributed by atoms with Crippen LogP contribution in [0.4, 0.5) is 0 Å². The number of ketones is 1. The summed E-state index contributed by atoms with van der Waals surface area (Å²) in [5.41, 5.74) is 3.67. The van der Waals surface area contributed by atoms with Crippen molar-refractivity contribution >= 4 is 16.8 Å². The van der Waals surface area contributed by atoms with Gasteiger partial charge in [0.25, 0.3) is 0 Å². The molecule has 2 aromatic carbocycles. The zero-order valence-electron chi connectivity index (χ0n) is 17.1. The number of aromatic nitrogens is 3. The maximum atomic E-state index is 11.4. The van der Waals surface area contributed by atoms with Crippen LogP contribution < -0.4 is 0 Å². The maximum Gasteiger partial charge on any atom is 0.146 e. The van der Waals surface area contributed by atoms with E-state index < -0.39 is 0 Å². The van der Waals surface area contributed by atoms with Gasteiger partial charge >= 0.3 is 0 Å². The van der Waals surface area contributed by atoms with Crippen molar-refractivity contribution in [1.82, 2.24) is 15.0 Å². The van der Waals surface area contributed by atoms with Crippen molar-refractivity contribution in [2.75, 3.05) is 0 Å². The van der Waals surface area contributed by atoms with Crippen LogP contribution in [0.25, 0.3) is 16.7 Å². The van der Waals surface area contributed by atoms with Crippen LogP contribution in [-0.2, 0) is 16.6 Å². The zero-order chi connectivity index (χ0) is 20.2. The number of carbonyl (C=O) groups is 1. The molecule has 144 valence electrons. The average Bonchev–Trinajstić information content (AvgIpc) is 3.05. The number of phenolic OH excluding ortho intramolecular Hbond substituents is 1. The lowest BCUT2D eigenvalue weighted by Gasteiger charge is -2.23. The molecule has 0 bridgehead atoms. The summed E-state index contributed by atoms with van der Waals surface area (Å²) in [6.45, 7) is 11.7. The third-order valence-electron chi connectivity index (χ3n) is 4.23. The fourth-order valence-electron chi connectivity index (χ4n) is 2.83. The zero-order valence-corrected chi connectivity index (χ0v) is 17.1. The first-order chi connectivity index (χ1) is 12.8. The molecule has 0 radical (unpaired) electrons. The van der Waals surface area contributed by atoms with Gasteiger partial charge in [0.2, 0.25) is 0 Å². The molecule has 0 fully saturated rings. The number of phenols is 1. The predicted molar refractivity (Wildman–Crippen MR) is 110 cm³/mol. The van der Waals surface area contributed by atoms with Gasteiger partial charge in [0.05, 0.1) is 0 Å². The van der Waals surface area contributed by atoms with E-state index in [1.807, 2.05) is 71.0 Å². The molecule has 0 aliphatic heterocycles. The highest BCUT2D eigenvalue weighted by molar-refractivity contribution is 5.76. The van der Waals surface area contributed by atoms with Gasteiger partial charge in [0.1, 0.15) is 28.3 Å². The lowest BCUT2D eigenvalue weighted by atomic mass is 9.84. The van der Waals surface area contributed by atoms with Crippen LogP contribution in [0.5, 0.6) is 5.75 Å². The van der Waals surface area contributed by atoms with Crippen LogP contribution in [0.1, 0.15) is 59.1 Å². The molecule has 0 aliphatic rings. The molecule has 3 rings (SSSR count). The topological polar surface area (TPSA) is 68.0 Å². The SMILES string of the molecule is CC.CC(=O)CCc1cc(-n2nc3ccccc3n2)c(O)c(C(C)(C)C)c1. The highest BCUT2D eigenvalue weighted by Crippen LogP contribution is 2.36. The summed E-state index contributed by atoms with van der Waals surface area (Å²) in [6, 6.07) is 11.4. The molecule has 5 heteroatoms. The summed E-state index contributed by atoms with van der Waals surface area (Å²) in [7, 11) is 0. The Morgan fingerprint density at radius 3 is 2.11 bits per heavy atom. The second kappa shape index (κ2) is 8.33. The van der Waals surface area contributed by atoms with E-state index in [0.717, 1.165) is 22.2 Å². The van der Waals surface area contributed by atoms with Crippen LogP contribution >= 0.6 is 0 Å². The third-order valence-corrected chi connectivity index (χ3v) is 4.23. The van der Waals surface area contributed by atoms with E-state index >= 15 is 0 Å². The smallest absolute Gasteiger partial charge is 0.146 e. The van der Waals surface area contributed by atoms with Crippen LogP contribution in [0.3, 0.4) is 0 Å². The number of hydrogen-bond acceptors (Lipinski definition) is 4. The molecular formula is C22H29N3O2. The number of Topliss-reactive ketones (excluding diaryl/α,β-unsaturated/α-hetero) is 1. The Hall–Kier alpha value is -2.69. The van der Waals surface area contributed by atoms with Gasteiger partial charge in [0.15, 0.2) is 0 Å². The third kappa shape index (κ3) is 4.73. The molecule has 1 N–H and O–H groups in total. The van der Waals surface area contributed by atoms with E-state index in [9.17, 15) is 9.90 Å². The second-order valence-electron chi connectivity index (χ2n) is 7.44. The van der Waals surface area contributed by atoms with Crippen LogP contribution in [-0.4, -0.2) is 25.9 Å². The van der Waals surface area contributed by atoms with Crippen molar-refractivity contribution in [3.8, 4) is 11.4 Å². The Bertz CT molecular complexity index is 903. The minimum atomic E-state index is -0.238. The number of aryl methyl sites for hydroxylation is 1. The lowest BCUT2D eigenvalue weighted by Crippen LogP contribution is -2.14. The molecule has 0 saturated heterocycles. The highest BCUT2D eigenvalue weighted by Gasteiger charge is 2.23. The quantitative estimate of drug-likeness (QED) is 0.707. The molecule has 3 aromatic rings. The normalized spacial score (nSPS) is 11.2. The number of nitrogens with zero attached hydrogens (tertiary/aromatic N) is 3. The van der Waals surface area contributed by atoms with E-state index in [4.69, 9.17) is 0 Å². The van der Waals surface area contributed by atoms with Crippen molar-refractivity contribution in [2.24, 2.45) is 0 Å². The van der Waals surface area contributed by atoms with E-state index in [2.05, 4.69) is 10.2 Å². The Kier molecular flexibility index (Phi) is 6.37. The fourth-order valence-corrected chi connectivity index (χ4v) is 2.83. The summed E-state index contributed by atoms with van der Waals surface area (Å²) in [4.78, 5) is 12.8. The van der Waals surface area contributed by atoms with Gasteiger partial charge in [-0.25, -0.2) is 0 Å². The first-order valence-corrected chi connectivity index (χ1v) is 9.44. The van der Waals surface area contributed by atoms with E-state index in [1.54, 1.807) is 6.92 Å². The number of benzene rings is 2. The predicted octanol–water partition coefficient (Wildman–Crippen LogP) is 4.97. The van der Waals surface area contributed by atoms with Gasteiger partial charge in [-0.15, -0.1) is 15.0 Å². The van der Waals surface area contributed by atoms with Crippen molar-refractivity contribution in [3.05, 3.63) is 47.5 Å². The molecule has 27 heavy (non-hydrogen) atoms. The summed E-state index contributed by atoms with van der Waals surface area (Å²) in [6.07, 6.45) is 1.11. The summed E-state index contributed by atoms with van der Waals surface area (Å²) >= 11 is 0. The molecule has 0 atom stereocenters. The highest BCUT2D eigenvalue weighted by atomic mass is 16.3. The summed E-state index contributed by atoms with van der Waals surface area (Å²) in [5.74, 6) is 0.328. The van der Waals surface area contributed by atoms with E-state index in [-0.39, 0.29) is 16.9 Å². The number of hydrogen-bond donors (Lipinski definition) is 1. The van der Waals surface area contributed by atoms with Gasteiger partial charge in [0, 0.05) is 12.0 Å². The van der Waals surface area contributed by atoms with Gasteiger partial charge in [-0.05, 0) is 42.5 Å². The van der Waals surface area contributed by atoms with Gasteiger partial charge in [-0.2, -0.15) is 0 Å². The van der Waals surface area contributed by atoms with Gasteiger partial charge < -0.3 is 9.90 Å². The van der Waals surface area contributed by atoms with Crippen molar-refractivity contribution < 1.29 is 9.90 Å². The molecule has 1 heterocycles. The van der Waals surface area contributed by atoms with E-state index in [1.165, 1.54) is 4.80 Å². The maximum absolute atomic E-state index is 11.4. The summed E-state index contributed by atoms with van der Waals surface area (Å²) < 4.78 is 0. The minimum absolute atomic E-state index is 0.148. The Morgan fingerprint density at radius 1 is 1.07 bits per heavy atom. The van der Waals surface area contributed by atoms with Gasteiger partial charge in [-0.3, -0.25) is 0 Å². The number of fused-ring (bicyclic) bond motifs is 1. The van der Waals surface area contributed by atoms with Crippen molar-refractivity contribution in [2.45, 2.75) is 59.8 Å². The summed E-state index contributed by atoms with van der Waals surface area (Å²) in [5, 5.41) is 19.8. The molecule has 0 saturated carbocycles. The lowest BCUT2D eigenvalue weighted by molar-refractivity contribution is -0.116. The number of rotatable bonds is 4. The molecule has 0 spiro atoms. The van der Waals surface area contributed by atoms with Crippen molar-refractivity contribution in [3.63, 3.8) is 0 Å². The molecule has 5 nitrogen and oxygen atoms in total. The molecule has 1 aromatic heterocycles. The molecule has 0 amide bonds. The first-order valence-electron chi connectivity index (χ1n) is 9.44. The Morgan fingerprint density at radius 2 is 1.63 bits per heavy atom. The number of aromatic hydroxyl groups is 1. The first kappa shape index (κ1) is 20.6. The largest absolute Gasteiger partial charge is 0.505 e. The monoisotopic (exact) mass is 367 g/mol. The van der Waals surface area contributed by atoms with Gasteiger partial charge in [-0.1, -0.05) is 52.8 Å². The second-order valence-corrected chi connectivity index (χ2v) is 7.44. The van der Waals surface area contributed by atoms with Crippen LogP contribution in [0, 0.1) is 0 Å². The van der Waals surface area contributed by atoms with Crippen LogP contribution in [0.2, 0.25) is 0 Å². The number of carbonyl (C=O) groups excluding carboxylic acids is 1.